The predicted octanol–water partition coefficient (Wildman–Crippen LogP) is 2.87. The van der Waals surface area contributed by atoms with Gasteiger partial charge in [-0.2, -0.15) is 5.10 Å². The molecule has 0 radical (unpaired) electrons. The number of sulfone groups is 1. The van der Waals surface area contributed by atoms with E-state index in [1.54, 1.807) is 31.3 Å². The molecule has 0 bridgehead atoms. The second-order valence-electron chi connectivity index (χ2n) is 5.18. The third-order valence-electron chi connectivity index (χ3n) is 3.27. The second kappa shape index (κ2) is 6.30. The van der Waals surface area contributed by atoms with Crippen LogP contribution >= 0.6 is 0 Å². The maximum absolute atomic E-state index is 12.1. The first-order valence-corrected chi connectivity index (χ1v) is 8.68. The van der Waals surface area contributed by atoms with Gasteiger partial charge in [-0.3, -0.25) is 4.68 Å². The summed E-state index contributed by atoms with van der Waals surface area (Å²) >= 11 is 0. The molecule has 0 unspecified atom stereocenters. The van der Waals surface area contributed by atoms with Crippen LogP contribution in [-0.4, -0.2) is 24.0 Å². The lowest BCUT2D eigenvalue weighted by Gasteiger charge is -2.11. The van der Waals surface area contributed by atoms with E-state index < -0.39 is 9.84 Å². The molecular formula is C15H21N3O2S. The van der Waals surface area contributed by atoms with Crippen molar-refractivity contribution in [2.75, 3.05) is 11.1 Å². The molecule has 2 rings (SSSR count). The molecule has 0 amide bonds. The fourth-order valence-electron chi connectivity index (χ4n) is 1.99. The van der Waals surface area contributed by atoms with E-state index in [0.29, 0.717) is 23.2 Å². The van der Waals surface area contributed by atoms with Crippen LogP contribution in [0.1, 0.15) is 32.4 Å². The van der Waals surface area contributed by atoms with E-state index in [-0.39, 0.29) is 5.75 Å². The molecule has 1 N–H and O–H groups in total. The SMILES string of the molecule is CCS(=O)(=O)c1ccccc1NCc1cnn(C(C)C)c1. The van der Waals surface area contributed by atoms with Crippen LogP contribution in [0.4, 0.5) is 5.69 Å². The molecule has 0 fully saturated rings. The summed E-state index contributed by atoms with van der Waals surface area (Å²) in [5.41, 5.74) is 1.66. The Morgan fingerprint density at radius 3 is 2.62 bits per heavy atom. The molecular weight excluding hydrogens is 286 g/mol. The standard InChI is InChI=1S/C15H21N3O2S/c1-4-21(19,20)15-8-6-5-7-14(15)16-9-13-10-17-18(11-13)12(2)3/h5-8,10-12,16H,4,9H2,1-3H3. The van der Waals surface area contributed by atoms with Crippen molar-refractivity contribution in [3.63, 3.8) is 0 Å². The number of para-hydroxylation sites is 1. The van der Waals surface area contributed by atoms with Crippen molar-refractivity contribution in [3.05, 3.63) is 42.2 Å². The summed E-state index contributed by atoms with van der Waals surface area (Å²) in [5.74, 6) is 0.0942. The third kappa shape index (κ3) is 3.64. The smallest absolute Gasteiger partial charge is 0.180 e. The van der Waals surface area contributed by atoms with E-state index in [1.807, 2.05) is 16.9 Å². The summed E-state index contributed by atoms with van der Waals surface area (Å²) in [4.78, 5) is 0.351. The number of hydrogen-bond acceptors (Lipinski definition) is 4. The number of anilines is 1. The Morgan fingerprint density at radius 1 is 1.29 bits per heavy atom. The molecule has 0 saturated carbocycles. The lowest BCUT2D eigenvalue weighted by Crippen LogP contribution is -2.09. The highest BCUT2D eigenvalue weighted by Crippen LogP contribution is 2.22. The Balaban J connectivity index is 2.17. The number of benzene rings is 1. The van der Waals surface area contributed by atoms with Gasteiger partial charge in [0.15, 0.2) is 9.84 Å². The van der Waals surface area contributed by atoms with Crippen molar-refractivity contribution in [1.29, 1.82) is 0 Å². The van der Waals surface area contributed by atoms with E-state index in [0.717, 1.165) is 5.56 Å². The van der Waals surface area contributed by atoms with Gasteiger partial charge in [0.2, 0.25) is 0 Å². The predicted molar refractivity (Wildman–Crippen MR) is 84.1 cm³/mol. The molecule has 2 aromatic rings. The minimum Gasteiger partial charge on any atom is -0.380 e. The molecule has 6 heteroatoms. The Morgan fingerprint density at radius 2 is 2.00 bits per heavy atom. The Hall–Kier alpha value is -1.82. The Labute approximate surface area is 125 Å². The van der Waals surface area contributed by atoms with Crippen molar-refractivity contribution in [2.24, 2.45) is 0 Å². The molecule has 0 aliphatic heterocycles. The molecule has 0 aliphatic rings. The first kappa shape index (κ1) is 15.6. The normalized spacial score (nSPS) is 11.8. The highest BCUT2D eigenvalue weighted by atomic mass is 32.2. The van der Waals surface area contributed by atoms with E-state index in [1.165, 1.54) is 0 Å². The fraction of sp³-hybridized carbons (Fsp3) is 0.400. The lowest BCUT2D eigenvalue weighted by molar-refractivity contribution is 0.532. The van der Waals surface area contributed by atoms with Crippen LogP contribution in [0, 0.1) is 0 Å². The van der Waals surface area contributed by atoms with Crippen molar-refractivity contribution < 1.29 is 8.42 Å². The Bertz CT molecular complexity index is 705. The van der Waals surface area contributed by atoms with E-state index in [9.17, 15) is 8.42 Å². The quantitative estimate of drug-likeness (QED) is 0.891. The fourth-order valence-corrected chi connectivity index (χ4v) is 3.06. The molecule has 21 heavy (non-hydrogen) atoms. The molecule has 0 atom stereocenters. The molecule has 1 heterocycles. The Kier molecular flexibility index (Phi) is 4.67. The highest BCUT2D eigenvalue weighted by molar-refractivity contribution is 7.91. The molecule has 0 aliphatic carbocycles. The van der Waals surface area contributed by atoms with Gasteiger partial charge in [-0.25, -0.2) is 8.42 Å². The van der Waals surface area contributed by atoms with E-state index in [2.05, 4.69) is 24.3 Å². The van der Waals surface area contributed by atoms with E-state index >= 15 is 0 Å². The summed E-state index contributed by atoms with van der Waals surface area (Å²) in [7, 11) is -3.22. The second-order valence-corrected chi connectivity index (χ2v) is 7.42. The molecule has 0 spiro atoms. The number of hydrogen-bond donors (Lipinski definition) is 1. The number of nitrogens with one attached hydrogen (secondary N) is 1. The van der Waals surface area contributed by atoms with Crippen LogP contribution in [0.15, 0.2) is 41.6 Å². The average molecular weight is 307 g/mol. The maximum Gasteiger partial charge on any atom is 0.180 e. The van der Waals surface area contributed by atoms with Gasteiger partial charge in [-0.15, -0.1) is 0 Å². The number of aromatic nitrogens is 2. The molecule has 1 aromatic heterocycles. The minimum atomic E-state index is -3.22. The van der Waals surface area contributed by atoms with Crippen LogP contribution in [0.3, 0.4) is 0 Å². The summed E-state index contributed by atoms with van der Waals surface area (Å²) < 4.78 is 26.0. The summed E-state index contributed by atoms with van der Waals surface area (Å²) in [6.07, 6.45) is 3.76. The minimum absolute atomic E-state index is 0.0942. The molecule has 1 aromatic carbocycles. The van der Waals surface area contributed by atoms with Gasteiger partial charge >= 0.3 is 0 Å². The third-order valence-corrected chi connectivity index (χ3v) is 5.06. The van der Waals surface area contributed by atoms with Crippen molar-refractivity contribution in [2.45, 2.75) is 38.3 Å². The van der Waals surface area contributed by atoms with Crippen LogP contribution in [0.25, 0.3) is 0 Å². The van der Waals surface area contributed by atoms with E-state index in [4.69, 9.17) is 0 Å². The first-order valence-electron chi connectivity index (χ1n) is 7.02. The average Bonchev–Trinajstić information content (AvgIpc) is 2.94. The highest BCUT2D eigenvalue weighted by Gasteiger charge is 2.15. The van der Waals surface area contributed by atoms with Gasteiger partial charge in [0.05, 0.1) is 22.5 Å². The van der Waals surface area contributed by atoms with Gasteiger partial charge < -0.3 is 5.32 Å². The van der Waals surface area contributed by atoms with Crippen LogP contribution in [0.5, 0.6) is 0 Å². The van der Waals surface area contributed by atoms with Crippen LogP contribution in [0.2, 0.25) is 0 Å². The zero-order valence-electron chi connectivity index (χ0n) is 12.6. The largest absolute Gasteiger partial charge is 0.380 e. The van der Waals surface area contributed by atoms with Gasteiger partial charge in [0.1, 0.15) is 0 Å². The topological polar surface area (TPSA) is 64.0 Å². The van der Waals surface area contributed by atoms with Gasteiger partial charge in [-0.1, -0.05) is 19.1 Å². The molecule has 114 valence electrons. The summed E-state index contributed by atoms with van der Waals surface area (Å²) in [6.45, 7) is 6.32. The van der Waals surface area contributed by atoms with Crippen LogP contribution in [-0.2, 0) is 16.4 Å². The lowest BCUT2D eigenvalue weighted by atomic mass is 10.3. The maximum atomic E-state index is 12.1. The molecule has 5 nitrogen and oxygen atoms in total. The van der Waals surface area contributed by atoms with Gasteiger partial charge in [0, 0.05) is 24.3 Å². The first-order chi connectivity index (χ1) is 9.94. The van der Waals surface area contributed by atoms with Crippen molar-refractivity contribution in [1.82, 2.24) is 9.78 Å². The van der Waals surface area contributed by atoms with Crippen molar-refractivity contribution in [3.8, 4) is 0 Å². The zero-order valence-corrected chi connectivity index (χ0v) is 13.4. The van der Waals surface area contributed by atoms with Crippen LogP contribution < -0.4 is 5.32 Å². The number of nitrogens with zero attached hydrogens (tertiary/aromatic N) is 2. The summed E-state index contributed by atoms with van der Waals surface area (Å²) in [5, 5.41) is 7.46. The van der Waals surface area contributed by atoms with Crippen molar-refractivity contribution >= 4 is 15.5 Å². The zero-order chi connectivity index (χ0) is 15.5. The van der Waals surface area contributed by atoms with Gasteiger partial charge in [0.25, 0.3) is 0 Å². The summed E-state index contributed by atoms with van der Waals surface area (Å²) in [6, 6.07) is 7.30. The molecule has 0 saturated heterocycles. The number of rotatable bonds is 6. The van der Waals surface area contributed by atoms with Gasteiger partial charge in [-0.05, 0) is 26.0 Å². The monoisotopic (exact) mass is 307 g/mol.